The quantitative estimate of drug-likeness (QED) is 0.0328. The maximum absolute atomic E-state index is 13.1. The van der Waals surface area contributed by atoms with Crippen LogP contribution in [0, 0.1) is 11.8 Å². The number of allylic oxidation sites excluding steroid dienone is 4. The summed E-state index contributed by atoms with van der Waals surface area (Å²) >= 11 is 0. The van der Waals surface area contributed by atoms with E-state index in [0.717, 1.165) is 43.9 Å². The molecule has 0 bridgehead atoms. The van der Waals surface area contributed by atoms with E-state index in [1.54, 1.807) is 6.08 Å². The highest BCUT2D eigenvalue weighted by atomic mass is 16.7. The van der Waals surface area contributed by atoms with Gasteiger partial charge in [-0.3, -0.25) is 0 Å². The zero-order valence-corrected chi connectivity index (χ0v) is 29.8. The van der Waals surface area contributed by atoms with Gasteiger partial charge in [-0.05, 0) is 49.1 Å². The van der Waals surface area contributed by atoms with Gasteiger partial charge in [0.2, 0.25) is 0 Å². The van der Waals surface area contributed by atoms with Crippen molar-refractivity contribution in [3.05, 3.63) is 59.7 Å². The predicted octanol–water partition coefficient (Wildman–Crippen LogP) is 0.752. The van der Waals surface area contributed by atoms with Crippen molar-refractivity contribution in [1.29, 1.82) is 0 Å². The van der Waals surface area contributed by atoms with Gasteiger partial charge in [-0.25, -0.2) is 4.79 Å². The van der Waals surface area contributed by atoms with Gasteiger partial charge in [-0.15, -0.1) is 0 Å². The van der Waals surface area contributed by atoms with Crippen molar-refractivity contribution in [2.24, 2.45) is 11.8 Å². The Morgan fingerprint density at radius 1 is 0.904 bits per heavy atom. The van der Waals surface area contributed by atoms with Crippen molar-refractivity contribution < 1.29 is 74.8 Å². The van der Waals surface area contributed by atoms with Crippen molar-refractivity contribution in [1.82, 2.24) is 0 Å². The van der Waals surface area contributed by atoms with Gasteiger partial charge in [0.05, 0.1) is 25.9 Å². The highest BCUT2D eigenvalue weighted by molar-refractivity contribution is 5.82. The molecule has 2 fully saturated rings. The fourth-order valence-corrected chi connectivity index (χ4v) is 6.14. The predicted molar refractivity (Wildman–Crippen MR) is 185 cm³/mol. The molecular formula is C37H56O15. The van der Waals surface area contributed by atoms with E-state index in [1.165, 1.54) is 12.2 Å². The molecular weight excluding hydrogens is 684 g/mol. The van der Waals surface area contributed by atoms with Crippen LogP contribution in [0.4, 0.5) is 0 Å². The minimum Gasteiger partial charge on any atom is -0.508 e. The number of phenols is 2. The second kappa shape index (κ2) is 21.1. The van der Waals surface area contributed by atoms with Gasteiger partial charge < -0.3 is 70.0 Å². The number of hydrogen-bond acceptors (Lipinski definition) is 15. The van der Waals surface area contributed by atoms with Crippen LogP contribution in [-0.4, -0.2) is 131 Å². The van der Waals surface area contributed by atoms with Crippen LogP contribution in [-0.2, 0) is 30.3 Å². The van der Waals surface area contributed by atoms with Gasteiger partial charge in [0.15, 0.2) is 12.4 Å². The molecule has 3 rings (SSSR count). The van der Waals surface area contributed by atoms with Crippen LogP contribution in [0.15, 0.2) is 48.6 Å². The molecule has 0 saturated carbocycles. The Kier molecular flexibility index (Phi) is 17.6. The van der Waals surface area contributed by atoms with Crippen LogP contribution in [0.5, 0.6) is 11.5 Å². The number of carbonyl (C=O) groups is 1. The molecule has 0 aromatic heterocycles. The standard InChI is InChI=1S/C37H56O15/c1-4-20(2)11-7-5-8-12-21(3)24(42)13-9-6-10-14-28(44)51-36-33(48)35(29-22(17-38)15-23(41)16-25(29)43)49-27(19-40)34(36)52-37-32(47)31(46)30(45)26(18-39)50-37/h6-7,9-11,14-16,20-21,24,26-27,30-43,45-48H,4-5,8,12-13,17-19H2,1-3H3/b9-6+,11-7+,14-10+. The molecule has 2 aliphatic rings. The van der Waals surface area contributed by atoms with E-state index in [-0.39, 0.29) is 17.0 Å². The zero-order valence-electron chi connectivity index (χ0n) is 29.8. The Morgan fingerprint density at radius 3 is 2.27 bits per heavy atom. The van der Waals surface area contributed by atoms with Gasteiger partial charge in [0, 0.05) is 17.7 Å². The van der Waals surface area contributed by atoms with E-state index in [0.29, 0.717) is 12.3 Å². The lowest BCUT2D eigenvalue weighted by atomic mass is 9.88. The number of rotatable bonds is 18. The summed E-state index contributed by atoms with van der Waals surface area (Å²) in [5.74, 6) is -1.38. The maximum Gasteiger partial charge on any atom is 0.331 e. The average molecular weight is 741 g/mol. The summed E-state index contributed by atoms with van der Waals surface area (Å²) in [5, 5.41) is 104. The fraction of sp³-hybridized carbons (Fsp3) is 0.649. The van der Waals surface area contributed by atoms with Gasteiger partial charge in [-0.1, -0.05) is 57.6 Å². The summed E-state index contributed by atoms with van der Waals surface area (Å²) < 4.78 is 22.7. The van der Waals surface area contributed by atoms with E-state index in [2.05, 4.69) is 26.0 Å². The number of ether oxygens (including phenoxy) is 4. The third-order valence-electron chi connectivity index (χ3n) is 9.57. The van der Waals surface area contributed by atoms with Crippen LogP contribution in [0.25, 0.3) is 0 Å². The van der Waals surface area contributed by atoms with Crippen molar-refractivity contribution in [2.75, 3.05) is 13.2 Å². The first kappa shape index (κ1) is 43.5. The lowest BCUT2D eigenvalue weighted by Gasteiger charge is -2.47. The summed E-state index contributed by atoms with van der Waals surface area (Å²) in [6, 6.07) is 2.06. The Morgan fingerprint density at radius 2 is 1.62 bits per heavy atom. The molecule has 52 heavy (non-hydrogen) atoms. The third-order valence-corrected chi connectivity index (χ3v) is 9.57. The lowest BCUT2D eigenvalue weighted by molar-refractivity contribution is -0.343. The molecule has 15 nitrogen and oxygen atoms in total. The van der Waals surface area contributed by atoms with Crippen molar-refractivity contribution in [3.8, 4) is 11.5 Å². The monoisotopic (exact) mass is 740 g/mol. The Labute approximate surface area is 303 Å². The van der Waals surface area contributed by atoms with Crippen molar-refractivity contribution in [2.45, 2.75) is 127 Å². The minimum absolute atomic E-state index is 0.0448. The van der Waals surface area contributed by atoms with Crippen LogP contribution in [0.3, 0.4) is 0 Å². The molecule has 2 aliphatic heterocycles. The molecule has 294 valence electrons. The van der Waals surface area contributed by atoms with E-state index in [4.69, 9.17) is 18.9 Å². The molecule has 2 heterocycles. The molecule has 13 unspecified atom stereocenters. The number of carbonyl (C=O) groups excluding carboxylic acids is 1. The number of aliphatic hydroxyl groups excluding tert-OH is 8. The average Bonchev–Trinajstić information content (AvgIpc) is 3.12. The number of esters is 1. The highest BCUT2D eigenvalue weighted by Gasteiger charge is 2.53. The van der Waals surface area contributed by atoms with Gasteiger partial charge in [-0.2, -0.15) is 0 Å². The maximum atomic E-state index is 13.1. The first-order chi connectivity index (χ1) is 24.8. The van der Waals surface area contributed by atoms with Crippen LogP contribution >= 0.6 is 0 Å². The number of benzene rings is 1. The normalized spacial score (nSPS) is 31.7. The van der Waals surface area contributed by atoms with Crippen LogP contribution in [0.1, 0.15) is 70.1 Å². The van der Waals surface area contributed by atoms with E-state index < -0.39 is 105 Å². The van der Waals surface area contributed by atoms with Gasteiger partial charge >= 0.3 is 5.97 Å². The van der Waals surface area contributed by atoms with E-state index >= 15 is 0 Å². The van der Waals surface area contributed by atoms with E-state index in [9.17, 15) is 55.9 Å². The highest BCUT2D eigenvalue weighted by Crippen LogP contribution is 2.42. The largest absolute Gasteiger partial charge is 0.508 e. The molecule has 10 N–H and O–H groups in total. The zero-order chi connectivity index (χ0) is 38.5. The molecule has 1 aromatic rings. The number of aliphatic hydroxyl groups is 8. The van der Waals surface area contributed by atoms with Gasteiger partial charge in [0.1, 0.15) is 60.3 Å². The van der Waals surface area contributed by atoms with Crippen molar-refractivity contribution >= 4 is 5.97 Å². The Hall–Kier alpha value is -2.93. The summed E-state index contributed by atoms with van der Waals surface area (Å²) in [5.41, 5.74) is -0.219. The third kappa shape index (κ3) is 11.5. The first-order valence-corrected chi connectivity index (χ1v) is 17.7. The SMILES string of the molecule is CCC(C)/C=C/CCCC(C)C(O)C/C=C/C=C/C(=O)OC1C(O)C(c2c(O)cc(O)cc2CO)OC(CO)C1OC1OC(CO)C(O)C(O)C1O. The molecule has 0 radical (unpaired) electrons. The van der Waals surface area contributed by atoms with Crippen LogP contribution in [0.2, 0.25) is 0 Å². The molecule has 2 saturated heterocycles. The topological polar surface area (TPSA) is 256 Å². The van der Waals surface area contributed by atoms with Gasteiger partial charge in [0.25, 0.3) is 0 Å². The first-order valence-electron chi connectivity index (χ1n) is 17.7. The second-order valence-electron chi connectivity index (χ2n) is 13.5. The molecule has 1 aromatic carbocycles. The van der Waals surface area contributed by atoms with Crippen LogP contribution < -0.4 is 0 Å². The molecule has 0 aliphatic carbocycles. The second-order valence-corrected chi connectivity index (χ2v) is 13.5. The summed E-state index contributed by atoms with van der Waals surface area (Å²) in [7, 11) is 0. The number of hydrogen-bond donors (Lipinski definition) is 10. The minimum atomic E-state index is -1.89. The lowest BCUT2D eigenvalue weighted by Crippen LogP contribution is -2.63. The molecule has 0 spiro atoms. The smallest absolute Gasteiger partial charge is 0.331 e. The molecule has 15 heteroatoms. The summed E-state index contributed by atoms with van der Waals surface area (Å²) in [6.45, 7) is 3.97. The summed E-state index contributed by atoms with van der Waals surface area (Å²) in [4.78, 5) is 13.1. The Bertz CT molecular complexity index is 1330. The number of unbranched alkanes of at least 4 members (excludes halogenated alkanes) is 1. The molecule has 13 atom stereocenters. The Balaban J connectivity index is 1.77. The van der Waals surface area contributed by atoms with Crippen molar-refractivity contribution in [3.63, 3.8) is 0 Å². The fourth-order valence-electron chi connectivity index (χ4n) is 6.14. The number of phenolic OH excluding ortho intramolecular Hbond substituents is 2. The summed E-state index contributed by atoms with van der Waals surface area (Å²) in [6.07, 6.45) is -3.23. The number of aromatic hydroxyl groups is 2. The molecule has 0 amide bonds. The van der Waals surface area contributed by atoms with E-state index in [1.807, 2.05) is 6.92 Å².